The molecule has 0 aliphatic heterocycles. The monoisotopic (exact) mass is 348 g/mol. The Hall–Kier alpha value is -2.35. The molecule has 3 aromatic rings. The SMILES string of the molecule is CC(C)(C)c1cc(Cc2cc3ccccc3oc2=O)cc(C(C)(C)C)c1. The molecule has 0 saturated carbocycles. The van der Waals surface area contributed by atoms with Gasteiger partial charge in [-0.15, -0.1) is 0 Å². The first-order valence-corrected chi connectivity index (χ1v) is 9.21. The zero-order valence-corrected chi connectivity index (χ0v) is 16.6. The quantitative estimate of drug-likeness (QED) is 0.533. The van der Waals surface area contributed by atoms with Gasteiger partial charge in [0.15, 0.2) is 0 Å². The van der Waals surface area contributed by atoms with Crippen molar-refractivity contribution in [3.8, 4) is 0 Å². The molecule has 0 fully saturated rings. The van der Waals surface area contributed by atoms with Gasteiger partial charge in [-0.1, -0.05) is 77.9 Å². The molecule has 1 heterocycles. The fourth-order valence-corrected chi connectivity index (χ4v) is 3.11. The molecule has 26 heavy (non-hydrogen) atoms. The van der Waals surface area contributed by atoms with Crippen LogP contribution in [0, 0.1) is 0 Å². The third-order valence-corrected chi connectivity index (χ3v) is 4.83. The minimum absolute atomic E-state index is 0.0596. The molecule has 0 aliphatic rings. The van der Waals surface area contributed by atoms with Crippen LogP contribution < -0.4 is 5.63 Å². The van der Waals surface area contributed by atoms with Crippen LogP contribution in [-0.2, 0) is 17.3 Å². The van der Waals surface area contributed by atoms with Crippen molar-refractivity contribution in [1.82, 2.24) is 0 Å². The molecule has 3 rings (SSSR count). The first kappa shape index (κ1) is 18.4. The number of rotatable bonds is 2. The summed E-state index contributed by atoms with van der Waals surface area (Å²) in [7, 11) is 0. The zero-order chi connectivity index (χ0) is 19.1. The average Bonchev–Trinajstić information content (AvgIpc) is 2.53. The van der Waals surface area contributed by atoms with E-state index in [2.05, 4.69) is 59.7 Å². The van der Waals surface area contributed by atoms with E-state index in [9.17, 15) is 4.79 Å². The normalized spacial score (nSPS) is 12.5. The summed E-state index contributed by atoms with van der Waals surface area (Å²) in [5.74, 6) is 0. The first-order valence-electron chi connectivity index (χ1n) is 9.21. The highest BCUT2D eigenvalue weighted by Gasteiger charge is 2.21. The molecule has 2 nitrogen and oxygen atoms in total. The fourth-order valence-electron chi connectivity index (χ4n) is 3.11. The van der Waals surface area contributed by atoms with E-state index in [1.165, 1.54) is 11.1 Å². The van der Waals surface area contributed by atoms with E-state index >= 15 is 0 Å². The zero-order valence-electron chi connectivity index (χ0n) is 16.6. The van der Waals surface area contributed by atoms with Crippen molar-refractivity contribution in [2.75, 3.05) is 0 Å². The molecule has 0 amide bonds. The molecule has 0 aliphatic carbocycles. The van der Waals surface area contributed by atoms with Gasteiger partial charge in [0.05, 0.1) is 0 Å². The van der Waals surface area contributed by atoms with Gasteiger partial charge in [-0.2, -0.15) is 0 Å². The minimum atomic E-state index is -0.248. The summed E-state index contributed by atoms with van der Waals surface area (Å²) >= 11 is 0. The van der Waals surface area contributed by atoms with Crippen molar-refractivity contribution in [1.29, 1.82) is 0 Å². The molecule has 136 valence electrons. The van der Waals surface area contributed by atoms with Gasteiger partial charge >= 0.3 is 5.63 Å². The van der Waals surface area contributed by atoms with Crippen LogP contribution in [0.1, 0.15) is 63.8 Å². The summed E-state index contributed by atoms with van der Waals surface area (Å²) in [6.07, 6.45) is 0.583. The Kier molecular flexibility index (Phi) is 4.56. The average molecular weight is 348 g/mol. The van der Waals surface area contributed by atoms with E-state index in [0.29, 0.717) is 17.6 Å². The van der Waals surface area contributed by atoms with Crippen LogP contribution in [0.2, 0.25) is 0 Å². The molecule has 0 spiro atoms. The maximum absolute atomic E-state index is 12.4. The summed E-state index contributed by atoms with van der Waals surface area (Å²) in [6, 6.07) is 16.4. The molecule has 0 radical (unpaired) electrons. The van der Waals surface area contributed by atoms with E-state index < -0.39 is 0 Å². The lowest BCUT2D eigenvalue weighted by atomic mass is 9.79. The van der Waals surface area contributed by atoms with Gasteiger partial charge in [-0.3, -0.25) is 0 Å². The number of fused-ring (bicyclic) bond motifs is 1. The summed E-state index contributed by atoms with van der Waals surface area (Å²) < 4.78 is 5.50. The number of para-hydroxylation sites is 1. The third-order valence-electron chi connectivity index (χ3n) is 4.83. The second kappa shape index (κ2) is 6.42. The smallest absolute Gasteiger partial charge is 0.339 e. The van der Waals surface area contributed by atoms with Gasteiger partial charge in [-0.05, 0) is 39.7 Å². The Morgan fingerprint density at radius 3 is 1.96 bits per heavy atom. The lowest BCUT2D eigenvalue weighted by molar-refractivity contribution is 0.551. The molecular formula is C24H28O2. The van der Waals surface area contributed by atoms with Gasteiger partial charge in [0.2, 0.25) is 0 Å². The summed E-state index contributed by atoms with van der Waals surface area (Å²) in [5.41, 5.74) is 4.96. The van der Waals surface area contributed by atoms with E-state index in [0.717, 1.165) is 10.9 Å². The third kappa shape index (κ3) is 3.90. The number of benzene rings is 2. The Bertz CT molecular complexity index is 963. The molecule has 0 saturated heterocycles. The number of hydrogen-bond donors (Lipinski definition) is 0. The molecular weight excluding hydrogens is 320 g/mol. The Labute approximate surface area is 155 Å². The Balaban J connectivity index is 2.10. The Morgan fingerprint density at radius 2 is 1.38 bits per heavy atom. The van der Waals surface area contributed by atoms with Gasteiger partial charge in [0, 0.05) is 17.4 Å². The molecule has 2 heteroatoms. The summed E-state index contributed by atoms with van der Waals surface area (Å²) in [6.45, 7) is 13.4. The fraction of sp³-hybridized carbons (Fsp3) is 0.375. The highest BCUT2D eigenvalue weighted by atomic mass is 16.4. The van der Waals surface area contributed by atoms with E-state index in [1.54, 1.807) is 0 Å². The largest absolute Gasteiger partial charge is 0.423 e. The van der Waals surface area contributed by atoms with Crippen molar-refractivity contribution < 1.29 is 4.42 Å². The summed E-state index contributed by atoms with van der Waals surface area (Å²) in [5, 5.41) is 0.963. The van der Waals surface area contributed by atoms with Crippen LogP contribution in [0.4, 0.5) is 0 Å². The maximum atomic E-state index is 12.4. The van der Waals surface area contributed by atoms with E-state index in [-0.39, 0.29) is 16.5 Å². The highest BCUT2D eigenvalue weighted by molar-refractivity contribution is 5.76. The van der Waals surface area contributed by atoms with Crippen LogP contribution in [0.15, 0.2) is 57.7 Å². The van der Waals surface area contributed by atoms with Crippen molar-refractivity contribution in [2.45, 2.75) is 58.8 Å². The predicted molar refractivity (Wildman–Crippen MR) is 109 cm³/mol. The van der Waals surface area contributed by atoms with Crippen molar-refractivity contribution in [2.24, 2.45) is 0 Å². The maximum Gasteiger partial charge on any atom is 0.339 e. The molecule has 0 atom stereocenters. The van der Waals surface area contributed by atoms with Crippen molar-refractivity contribution >= 4 is 11.0 Å². The first-order chi connectivity index (χ1) is 12.0. The molecule has 0 N–H and O–H groups in total. The predicted octanol–water partition coefficient (Wildman–Crippen LogP) is 5.98. The lowest BCUT2D eigenvalue weighted by Gasteiger charge is -2.26. The van der Waals surface area contributed by atoms with Crippen LogP contribution in [-0.4, -0.2) is 0 Å². The molecule has 0 bridgehead atoms. The van der Waals surface area contributed by atoms with Crippen LogP contribution in [0.3, 0.4) is 0 Å². The van der Waals surface area contributed by atoms with E-state index in [1.807, 2.05) is 30.3 Å². The Morgan fingerprint density at radius 1 is 0.808 bits per heavy atom. The topological polar surface area (TPSA) is 30.2 Å². The second-order valence-corrected chi connectivity index (χ2v) is 9.19. The van der Waals surface area contributed by atoms with Crippen molar-refractivity contribution in [3.63, 3.8) is 0 Å². The standard InChI is InChI=1S/C24H28O2/c1-23(2,3)19-12-16(13-20(15-19)24(4,5)6)11-18-14-17-9-7-8-10-21(17)26-22(18)25/h7-10,12-15H,11H2,1-6H3. The van der Waals surface area contributed by atoms with Crippen LogP contribution in [0.5, 0.6) is 0 Å². The van der Waals surface area contributed by atoms with Crippen LogP contribution >= 0.6 is 0 Å². The van der Waals surface area contributed by atoms with Crippen LogP contribution in [0.25, 0.3) is 11.0 Å². The lowest BCUT2D eigenvalue weighted by Crippen LogP contribution is -2.17. The number of hydrogen-bond acceptors (Lipinski definition) is 2. The highest BCUT2D eigenvalue weighted by Crippen LogP contribution is 2.31. The van der Waals surface area contributed by atoms with E-state index in [4.69, 9.17) is 4.42 Å². The van der Waals surface area contributed by atoms with Gasteiger partial charge in [-0.25, -0.2) is 4.79 Å². The van der Waals surface area contributed by atoms with Crippen molar-refractivity contribution in [3.05, 3.63) is 81.2 Å². The molecule has 2 aromatic carbocycles. The van der Waals surface area contributed by atoms with Gasteiger partial charge in [0.1, 0.15) is 5.58 Å². The molecule has 1 aromatic heterocycles. The second-order valence-electron chi connectivity index (χ2n) is 9.19. The molecule has 0 unspecified atom stereocenters. The summed E-state index contributed by atoms with van der Waals surface area (Å²) in [4.78, 5) is 12.4. The van der Waals surface area contributed by atoms with Gasteiger partial charge < -0.3 is 4.42 Å². The minimum Gasteiger partial charge on any atom is -0.423 e. The van der Waals surface area contributed by atoms with Gasteiger partial charge in [0.25, 0.3) is 0 Å².